The molecule has 69 heavy (non-hydrogen) atoms. The van der Waals surface area contributed by atoms with Gasteiger partial charge in [-0.15, -0.1) is 0 Å². The number of hydrogen-bond acceptors (Lipinski definition) is 5. The molecule has 0 heterocycles. The highest BCUT2D eigenvalue weighted by Gasteiger charge is 2.18. The largest absolute Gasteiger partial charge is 0.465 e. The Kier molecular flexibility index (Phi) is 57.0. The molecule has 0 fully saturated rings. The van der Waals surface area contributed by atoms with Gasteiger partial charge in [-0.3, -0.25) is 9.59 Å². The summed E-state index contributed by atoms with van der Waals surface area (Å²) < 4.78 is 5.41. The van der Waals surface area contributed by atoms with Gasteiger partial charge in [0.05, 0.1) is 25.4 Å². The maximum Gasteiger partial charge on any atom is 0.305 e. The number of carbonyl (C=O) groups is 2. The molecule has 0 aliphatic rings. The summed E-state index contributed by atoms with van der Waals surface area (Å²) in [4.78, 5) is 24.5. The van der Waals surface area contributed by atoms with Gasteiger partial charge < -0.3 is 20.3 Å². The van der Waals surface area contributed by atoms with Gasteiger partial charge >= 0.3 is 5.97 Å². The Hall–Kier alpha value is -1.92. The fraction of sp³-hybridized carbons (Fsp3) is 0.873. The van der Waals surface area contributed by atoms with Crippen LogP contribution in [0.4, 0.5) is 0 Å². The molecule has 0 aromatic carbocycles. The molecule has 0 radical (unpaired) electrons. The number of ether oxygens (including phenoxy) is 1. The van der Waals surface area contributed by atoms with Crippen LogP contribution in [0, 0.1) is 0 Å². The number of nitrogens with one attached hydrogen (secondary N) is 1. The van der Waals surface area contributed by atoms with Gasteiger partial charge in [-0.1, -0.05) is 301 Å². The second-order valence-corrected chi connectivity index (χ2v) is 21.0. The van der Waals surface area contributed by atoms with E-state index in [-0.39, 0.29) is 18.5 Å². The van der Waals surface area contributed by atoms with Crippen LogP contribution in [-0.2, 0) is 14.3 Å². The fourth-order valence-corrected chi connectivity index (χ4v) is 9.47. The van der Waals surface area contributed by atoms with E-state index in [9.17, 15) is 19.8 Å². The van der Waals surface area contributed by atoms with Crippen molar-refractivity contribution in [1.29, 1.82) is 0 Å². The molecule has 0 rings (SSSR count). The Morgan fingerprint density at radius 3 is 1.10 bits per heavy atom. The Labute approximate surface area is 430 Å². The molecular formula is C63H119NO5. The van der Waals surface area contributed by atoms with E-state index in [1.54, 1.807) is 6.08 Å². The molecule has 6 heteroatoms. The van der Waals surface area contributed by atoms with Crippen molar-refractivity contribution >= 4 is 11.9 Å². The minimum Gasteiger partial charge on any atom is -0.465 e. The highest BCUT2D eigenvalue weighted by molar-refractivity contribution is 5.76. The zero-order valence-electron chi connectivity index (χ0n) is 46.3. The average Bonchev–Trinajstić information content (AvgIpc) is 3.35. The first kappa shape index (κ1) is 67.1. The molecule has 0 aromatic rings. The second kappa shape index (κ2) is 58.6. The van der Waals surface area contributed by atoms with Gasteiger partial charge in [-0.25, -0.2) is 0 Å². The van der Waals surface area contributed by atoms with Crippen LogP contribution < -0.4 is 5.32 Å². The first-order valence-electron chi connectivity index (χ1n) is 30.8. The molecular weight excluding hydrogens is 851 g/mol. The number of amides is 1. The average molecular weight is 971 g/mol. The van der Waals surface area contributed by atoms with Gasteiger partial charge in [-0.2, -0.15) is 0 Å². The summed E-state index contributed by atoms with van der Waals surface area (Å²) in [6.07, 6.45) is 73.4. The fourth-order valence-electron chi connectivity index (χ4n) is 9.47. The number of unbranched alkanes of at least 4 members (excludes halogenated alkanes) is 42. The van der Waals surface area contributed by atoms with Gasteiger partial charge in [0.15, 0.2) is 0 Å². The maximum absolute atomic E-state index is 12.5. The van der Waals surface area contributed by atoms with E-state index < -0.39 is 12.1 Å². The van der Waals surface area contributed by atoms with Crippen LogP contribution in [0.5, 0.6) is 0 Å². The number of aliphatic hydroxyl groups is 2. The molecule has 0 aliphatic heterocycles. The first-order chi connectivity index (χ1) is 34.0. The van der Waals surface area contributed by atoms with Crippen molar-refractivity contribution in [3.05, 3.63) is 36.5 Å². The lowest BCUT2D eigenvalue weighted by Crippen LogP contribution is -2.45. The van der Waals surface area contributed by atoms with Crippen LogP contribution in [0.1, 0.15) is 328 Å². The van der Waals surface area contributed by atoms with Crippen LogP contribution in [-0.4, -0.2) is 47.4 Å². The lowest BCUT2D eigenvalue weighted by molar-refractivity contribution is -0.143. The van der Waals surface area contributed by atoms with Crippen LogP contribution in [0.3, 0.4) is 0 Å². The second-order valence-electron chi connectivity index (χ2n) is 21.0. The molecule has 0 aliphatic carbocycles. The van der Waals surface area contributed by atoms with E-state index in [4.69, 9.17) is 4.74 Å². The highest BCUT2D eigenvalue weighted by atomic mass is 16.5. The van der Waals surface area contributed by atoms with Crippen LogP contribution in [0.25, 0.3) is 0 Å². The molecule has 6 nitrogen and oxygen atoms in total. The molecule has 0 bridgehead atoms. The molecule has 2 unspecified atom stereocenters. The number of aliphatic hydroxyl groups excluding tert-OH is 2. The summed E-state index contributed by atoms with van der Waals surface area (Å²) in [5.74, 6) is -0.105. The molecule has 0 saturated heterocycles. The minimum absolute atomic E-state index is 0.0342. The summed E-state index contributed by atoms with van der Waals surface area (Å²) >= 11 is 0. The smallest absolute Gasteiger partial charge is 0.305 e. The maximum atomic E-state index is 12.5. The monoisotopic (exact) mass is 970 g/mol. The molecule has 0 spiro atoms. The summed E-state index contributed by atoms with van der Waals surface area (Å²) in [5.41, 5.74) is 0. The topological polar surface area (TPSA) is 95.9 Å². The number of rotatable bonds is 57. The van der Waals surface area contributed by atoms with E-state index in [1.165, 1.54) is 250 Å². The van der Waals surface area contributed by atoms with Crippen molar-refractivity contribution in [2.45, 2.75) is 341 Å². The zero-order valence-corrected chi connectivity index (χ0v) is 46.3. The van der Waals surface area contributed by atoms with Gasteiger partial charge in [0.2, 0.25) is 5.91 Å². The Bertz CT molecular complexity index is 1120. The van der Waals surface area contributed by atoms with Crippen LogP contribution in [0.2, 0.25) is 0 Å². The summed E-state index contributed by atoms with van der Waals surface area (Å²) in [6, 6.07) is -0.632. The minimum atomic E-state index is -0.848. The van der Waals surface area contributed by atoms with Crippen molar-refractivity contribution in [3.8, 4) is 0 Å². The third-order valence-electron chi connectivity index (χ3n) is 14.2. The van der Waals surface area contributed by atoms with Crippen LogP contribution in [0.15, 0.2) is 36.5 Å². The summed E-state index contributed by atoms with van der Waals surface area (Å²) in [6.45, 7) is 4.81. The van der Waals surface area contributed by atoms with E-state index in [1.807, 2.05) is 6.08 Å². The number of esters is 1. The quantitative estimate of drug-likeness (QED) is 0.0321. The number of allylic oxidation sites excluding steroid dienone is 4. The lowest BCUT2D eigenvalue weighted by atomic mass is 10.0. The van der Waals surface area contributed by atoms with Gasteiger partial charge in [0.25, 0.3) is 0 Å². The highest BCUT2D eigenvalue weighted by Crippen LogP contribution is 2.17. The molecule has 406 valence electrons. The number of hydrogen-bond donors (Lipinski definition) is 3. The molecule has 1 amide bonds. The zero-order chi connectivity index (χ0) is 50.0. The van der Waals surface area contributed by atoms with Crippen molar-refractivity contribution < 1.29 is 24.5 Å². The van der Waals surface area contributed by atoms with E-state index in [0.717, 1.165) is 51.4 Å². The van der Waals surface area contributed by atoms with Crippen LogP contribution >= 0.6 is 0 Å². The SMILES string of the molecule is CCCCCCCCCCCCCCCCCC/C=C/C(O)C(CO)NC(=O)CCCCCCCCCCCCCCCC/C=C\C/C=C\CCOC(=O)CCCCCCCCCCCCCCC. The molecule has 3 N–H and O–H groups in total. The predicted molar refractivity (Wildman–Crippen MR) is 301 cm³/mol. The number of carbonyl (C=O) groups excluding carboxylic acids is 2. The van der Waals surface area contributed by atoms with Gasteiger partial charge in [-0.05, 0) is 51.4 Å². The third-order valence-corrected chi connectivity index (χ3v) is 14.2. The Morgan fingerprint density at radius 1 is 0.406 bits per heavy atom. The van der Waals surface area contributed by atoms with Crippen molar-refractivity contribution in [3.63, 3.8) is 0 Å². The molecule has 0 aromatic heterocycles. The Morgan fingerprint density at radius 2 is 0.725 bits per heavy atom. The molecule has 2 atom stereocenters. The van der Waals surface area contributed by atoms with E-state index >= 15 is 0 Å². The van der Waals surface area contributed by atoms with Gasteiger partial charge in [0, 0.05) is 12.8 Å². The van der Waals surface area contributed by atoms with Crippen molar-refractivity contribution in [2.75, 3.05) is 13.2 Å². The van der Waals surface area contributed by atoms with Crippen molar-refractivity contribution in [2.24, 2.45) is 0 Å². The predicted octanol–water partition coefficient (Wildman–Crippen LogP) is 19.2. The van der Waals surface area contributed by atoms with E-state index in [0.29, 0.717) is 19.4 Å². The lowest BCUT2D eigenvalue weighted by Gasteiger charge is -2.20. The van der Waals surface area contributed by atoms with E-state index in [2.05, 4.69) is 43.5 Å². The Balaban J connectivity index is 3.48. The summed E-state index contributed by atoms with van der Waals surface area (Å²) in [5, 5.41) is 23.2. The molecule has 0 saturated carbocycles. The normalized spacial score (nSPS) is 12.8. The van der Waals surface area contributed by atoms with Gasteiger partial charge in [0.1, 0.15) is 0 Å². The third kappa shape index (κ3) is 55.2. The summed E-state index contributed by atoms with van der Waals surface area (Å²) in [7, 11) is 0. The first-order valence-corrected chi connectivity index (χ1v) is 30.8. The van der Waals surface area contributed by atoms with Crippen molar-refractivity contribution in [1.82, 2.24) is 5.32 Å². The standard InChI is InChI=1S/C63H119NO5/c1-3-5-7-9-11-13-15-17-18-19-25-28-32-35-39-43-47-51-55-61(66)60(59-65)64-62(67)56-52-48-44-40-36-33-29-26-23-21-20-22-24-27-30-34-38-42-46-50-54-58-69-63(68)57-53-49-45-41-37-31-16-14-12-10-8-6-4-2/h34,38,46,50-51,55,60-61,65-66H,3-33,35-37,39-45,47-49,52-54,56-59H2,1-2H3,(H,64,67)/b38-34-,50-46-,55-51+.